The molecule has 1 aliphatic rings. The number of ether oxygens (including phenoxy) is 1. The minimum atomic E-state index is -0.143. The van der Waals surface area contributed by atoms with Crippen LogP contribution in [0.25, 0.3) is 11.8 Å². The summed E-state index contributed by atoms with van der Waals surface area (Å²) in [6.45, 7) is 2.57. The number of carbonyl (C=O) groups excluding carboxylic acids is 1. The fourth-order valence-corrected chi connectivity index (χ4v) is 3.68. The number of rotatable bonds is 5. The molecule has 140 valence electrons. The maximum atomic E-state index is 12.4. The molecule has 0 saturated carbocycles. The predicted octanol–water partition coefficient (Wildman–Crippen LogP) is 4.77. The molecule has 0 radical (unpaired) electrons. The molecule has 5 nitrogen and oxygen atoms in total. The fourth-order valence-electron chi connectivity index (χ4n) is 2.85. The van der Waals surface area contributed by atoms with Crippen LogP contribution in [0.3, 0.4) is 0 Å². The van der Waals surface area contributed by atoms with Crippen LogP contribution in [-0.2, 0) is 4.79 Å². The molecule has 1 aliphatic heterocycles. The van der Waals surface area contributed by atoms with Crippen molar-refractivity contribution < 1.29 is 9.53 Å². The predicted molar refractivity (Wildman–Crippen MR) is 114 cm³/mol. The first-order valence-corrected chi connectivity index (χ1v) is 9.80. The maximum absolute atomic E-state index is 12.4. The lowest BCUT2D eigenvalue weighted by atomic mass is 10.3. The minimum absolute atomic E-state index is 0.143. The summed E-state index contributed by atoms with van der Waals surface area (Å²) in [4.78, 5) is 17.5. The number of thioether (sulfide) groups is 1. The Morgan fingerprint density at radius 2 is 1.86 bits per heavy atom. The van der Waals surface area contributed by atoms with E-state index in [9.17, 15) is 4.79 Å². The lowest BCUT2D eigenvalue weighted by molar-refractivity contribution is -0.115. The summed E-state index contributed by atoms with van der Waals surface area (Å²) in [6, 6.07) is 21.4. The molecule has 1 saturated heterocycles. The van der Waals surface area contributed by atoms with Gasteiger partial charge in [0.1, 0.15) is 5.75 Å². The Labute approximate surface area is 167 Å². The smallest absolute Gasteiger partial charge is 0.264 e. The summed E-state index contributed by atoms with van der Waals surface area (Å²) in [5.41, 5.74) is 2.75. The molecule has 1 amide bonds. The molecule has 2 aromatic carbocycles. The average molecular weight is 389 g/mol. The highest BCUT2D eigenvalue weighted by atomic mass is 32.2. The molecule has 3 aromatic rings. The van der Waals surface area contributed by atoms with Gasteiger partial charge in [-0.3, -0.25) is 4.79 Å². The van der Waals surface area contributed by atoms with Gasteiger partial charge in [0.15, 0.2) is 5.17 Å². The van der Waals surface area contributed by atoms with E-state index in [1.165, 1.54) is 11.8 Å². The summed E-state index contributed by atoms with van der Waals surface area (Å²) in [7, 11) is 0. The molecule has 0 atom stereocenters. The first-order chi connectivity index (χ1) is 13.7. The summed E-state index contributed by atoms with van der Waals surface area (Å²) in [6.07, 6.45) is 3.86. The quantitative estimate of drug-likeness (QED) is 0.640. The molecule has 2 heterocycles. The van der Waals surface area contributed by atoms with Crippen LogP contribution in [-0.4, -0.2) is 22.2 Å². The van der Waals surface area contributed by atoms with E-state index in [1.54, 1.807) is 0 Å². The molecular weight excluding hydrogens is 370 g/mol. The van der Waals surface area contributed by atoms with Gasteiger partial charge in [-0.25, -0.2) is 4.99 Å². The molecule has 6 heteroatoms. The van der Waals surface area contributed by atoms with Gasteiger partial charge in [-0.2, -0.15) is 0 Å². The van der Waals surface area contributed by atoms with E-state index in [0.717, 1.165) is 22.8 Å². The Hall–Kier alpha value is -3.25. The molecule has 1 N–H and O–H groups in total. The van der Waals surface area contributed by atoms with Crippen molar-refractivity contribution in [2.45, 2.75) is 6.92 Å². The third-order valence-electron chi connectivity index (χ3n) is 4.12. The average Bonchev–Trinajstić information content (AvgIpc) is 3.31. The van der Waals surface area contributed by atoms with E-state index in [4.69, 9.17) is 4.74 Å². The SMILES string of the molecule is CCOc1ccc(N=C2NC(=O)/C(=C\c3cccn3-c3ccccc3)S2)cc1. The van der Waals surface area contributed by atoms with Gasteiger partial charge in [0, 0.05) is 17.6 Å². The van der Waals surface area contributed by atoms with Gasteiger partial charge in [-0.15, -0.1) is 0 Å². The Morgan fingerprint density at radius 3 is 2.61 bits per heavy atom. The number of para-hydroxylation sites is 1. The van der Waals surface area contributed by atoms with E-state index in [2.05, 4.69) is 10.3 Å². The Morgan fingerprint density at radius 1 is 1.07 bits per heavy atom. The van der Waals surface area contributed by atoms with Crippen LogP contribution in [0, 0.1) is 0 Å². The molecule has 0 bridgehead atoms. The van der Waals surface area contributed by atoms with Crippen molar-refractivity contribution in [2.75, 3.05) is 6.61 Å². The Kier molecular flexibility index (Phi) is 5.30. The Bertz CT molecular complexity index is 1040. The van der Waals surface area contributed by atoms with E-state index in [-0.39, 0.29) is 5.91 Å². The zero-order valence-electron chi connectivity index (χ0n) is 15.3. The highest BCUT2D eigenvalue weighted by molar-refractivity contribution is 8.18. The molecule has 0 unspecified atom stereocenters. The van der Waals surface area contributed by atoms with Crippen LogP contribution in [0.1, 0.15) is 12.6 Å². The standard InChI is InChI=1S/C22H19N3O2S/c1-2-27-19-12-10-16(11-13-19)23-22-24-21(26)20(28-22)15-18-9-6-14-25(18)17-7-4-3-5-8-17/h3-15H,2H2,1H3,(H,23,24,26)/b20-15+. The molecule has 1 fully saturated rings. The number of hydrogen-bond acceptors (Lipinski definition) is 4. The van der Waals surface area contributed by atoms with Crippen molar-refractivity contribution >= 4 is 34.6 Å². The lowest BCUT2D eigenvalue weighted by Crippen LogP contribution is -2.19. The second kappa shape index (κ2) is 8.19. The van der Waals surface area contributed by atoms with E-state index in [0.29, 0.717) is 16.7 Å². The first-order valence-electron chi connectivity index (χ1n) is 8.98. The number of amides is 1. The van der Waals surface area contributed by atoms with E-state index < -0.39 is 0 Å². The van der Waals surface area contributed by atoms with Crippen LogP contribution in [0.5, 0.6) is 5.75 Å². The van der Waals surface area contributed by atoms with Gasteiger partial charge < -0.3 is 14.6 Å². The third kappa shape index (κ3) is 4.02. The highest BCUT2D eigenvalue weighted by Gasteiger charge is 2.24. The molecule has 0 spiro atoms. The second-order valence-corrected chi connectivity index (χ2v) is 7.08. The normalized spacial score (nSPS) is 16.5. The minimum Gasteiger partial charge on any atom is -0.494 e. The van der Waals surface area contributed by atoms with E-state index in [1.807, 2.05) is 90.5 Å². The number of nitrogens with zero attached hydrogens (tertiary/aromatic N) is 2. The third-order valence-corrected chi connectivity index (χ3v) is 5.03. The molecule has 4 rings (SSSR count). The molecule has 28 heavy (non-hydrogen) atoms. The van der Waals surface area contributed by atoms with Gasteiger partial charge in [0.2, 0.25) is 0 Å². The van der Waals surface area contributed by atoms with Crippen molar-refractivity contribution in [1.82, 2.24) is 9.88 Å². The molecule has 0 aliphatic carbocycles. The van der Waals surface area contributed by atoms with Crippen LogP contribution < -0.4 is 10.1 Å². The molecular formula is C22H19N3O2S. The first kappa shape index (κ1) is 18.1. The number of aliphatic imine (C=N–C) groups is 1. The zero-order valence-corrected chi connectivity index (χ0v) is 16.1. The van der Waals surface area contributed by atoms with Gasteiger partial charge in [-0.05, 0) is 73.3 Å². The van der Waals surface area contributed by atoms with Crippen LogP contribution in [0.15, 0.2) is 82.8 Å². The monoisotopic (exact) mass is 389 g/mol. The number of hydrogen-bond donors (Lipinski definition) is 1. The summed E-state index contributed by atoms with van der Waals surface area (Å²) in [5.74, 6) is 0.660. The Balaban J connectivity index is 1.55. The summed E-state index contributed by atoms with van der Waals surface area (Å²) in [5, 5.41) is 3.40. The van der Waals surface area contributed by atoms with Crippen LogP contribution in [0.2, 0.25) is 0 Å². The van der Waals surface area contributed by atoms with Crippen molar-refractivity contribution in [2.24, 2.45) is 4.99 Å². The van der Waals surface area contributed by atoms with Crippen molar-refractivity contribution in [3.05, 3.63) is 83.5 Å². The number of nitrogens with one attached hydrogen (secondary N) is 1. The lowest BCUT2D eigenvalue weighted by Gasteiger charge is -2.06. The highest BCUT2D eigenvalue weighted by Crippen LogP contribution is 2.29. The topological polar surface area (TPSA) is 55.6 Å². The molecule has 1 aromatic heterocycles. The summed E-state index contributed by atoms with van der Waals surface area (Å²) >= 11 is 1.34. The number of aromatic nitrogens is 1. The number of amidine groups is 1. The van der Waals surface area contributed by atoms with Crippen molar-refractivity contribution in [3.8, 4) is 11.4 Å². The van der Waals surface area contributed by atoms with E-state index >= 15 is 0 Å². The zero-order chi connectivity index (χ0) is 19.3. The maximum Gasteiger partial charge on any atom is 0.264 e. The van der Waals surface area contributed by atoms with Crippen molar-refractivity contribution in [1.29, 1.82) is 0 Å². The number of benzene rings is 2. The summed E-state index contributed by atoms with van der Waals surface area (Å²) < 4.78 is 7.48. The van der Waals surface area contributed by atoms with Gasteiger partial charge in [0.25, 0.3) is 5.91 Å². The van der Waals surface area contributed by atoms with Crippen LogP contribution >= 0.6 is 11.8 Å². The van der Waals surface area contributed by atoms with Crippen LogP contribution in [0.4, 0.5) is 5.69 Å². The largest absolute Gasteiger partial charge is 0.494 e. The second-order valence-electron chi connectivity index (χ2n) is 6.05. The van der Waals surface area contributed by atoms with Gasteiger partial charge in [-0.1, -0.05) is 18.2 Å². The van der Waals surface area contributed by atoms with Crippen molar-refractivity contribution in [3.63, 3.8) is 0 Å². The fraction of sp³-hybridized carbons (Fsp3) is 0.0909. The van der Waals surface area contributed by atoms with Gasteiger partial charge in [0.05, 0.1) is 17.2 Å². The van der Waals surface area contributed by atoms with Gasteiger partial charge >= 0.3 is 0 Å². The number of carbonyl (C=O) groups is 1.